The van der Waals surface area contributed by atoms with Gasteiger partial charge in [0.05, 0.1) is 5.75 Å². The van der Waals surface area contributed by atoms with Gasteiger partial charge in [-0.1, -0.05) is 17.7 Å². The van der Waals surface area contributed by atoms with Gasteiger partial charge in [-0.15, -0.1) is 0 Å². The van der Waals surface area contributed by atoms with Crippen LogP contribution in [-0.2, 0) is 9.84 Å². The largest absolute Gasteiger partial charge is 0.335 e. The molecule has 1 amide bonds. The van der Waals surface area contributed by atoms with Crippen LogP contribution in [-0.4, -0.2) is 73.8 Å². The minimum absolute atomic E-state index is 0.139. The predicted molar refractivity (Wildman–Crippen MR) is 81.3 cm³/mol. The van der Waals surface area contributed by atoms with Crippen LogP contribution in [0.25, 0.3) is 0 Å². The first-order chi connectivity index (χ1) is 9.85. The zero-order valence-electron chi connectivity index (χ0n) is 11.8. The maximum atomic E-state index is 12.3. The smallest absolute Gasteiger partial charge is 0.272 e. The Labute approximate surface area is 129 Å². The molecule has 2 rings (SSSR count). The van der Waals surface area contributed by atoms with E-state index in [1.54, 1.807) is 23.1 Å². The fourth-order valence-corrected chi connectivity index (χ4v) is 2.91. The van der Waals surface area contributed by atoms with E-state index in [1.807, 2.05) is 0 Å². The Morgan fingerprint density at radius 3 is 2.52 bits per heavy atom. The van der Waals surface area contributed by atoms with Crippen LogP contribution in [0.1, 0.15) is 10.5 Å². The molecule has 0 unspecified atom stereocenters. The summed E-state index contributed by atoms with van der Waals surface area (Å²) in [7, 11) is -2.95. The van der Waals surface area contributed by atoms with Crippen molar-refractivity contribution in [2.75, 3.05) is 44.7 Å². The van der Waals surface area contributed by atoms with E-state index in [0.717, 1.165) is 0 Å². The first kappa shape index (κ1) is 16.2. The van der Waals surface area contributed by atoms with Gasteiger partial charge in [-0.2, -0.15) is 0 Å². The number of piperazine rings is 1. The van der Waals surface area contributed by atoms with Crippen molar-refractivity contribution in [1.29, 1.82) is 0 Å². The summed E-state index contributed by atoms with van der Waals surface area (Å²) in [4.78, 5) is 20.1. The summed E-state index contributed by atoms with van der Waals surface area (Å²) in [6, 6.07) is 4.97. The van der Waals surface area contributed by atoms with Crippen molar-refractivity contribution in [3.8, 4) is 0 Å². The van der Waals surface area contributed by atoms with Crippen molar-refractivity contribution >= 4 is 27.3 Å². The third kappa shape index (κ3) is 4.94. The number of nitrogens with zero attached hydrogens (tertiary/aromatic N) is 3. The Kier molecular flexibility index (Phi) is 5.18. The standard InChI is InChI=1S/C13H18ClN3O3S/c1-21(19,20)10-9-16-5-7-17(8-6-16)13(18)11-3-2-4-12(14)15-11/h2-4H,5-10H2,1H3. The molecule has 1 aliphatic heterocycles. The lowest BCUT2D eigenvalue weighted by atomic mass is 10.2. The summed E-state index contributed by atoms with van der Waals surface area (Å²) < 4.78 is 22.3. The number of rotatable bonds is 4. The summed E-state index contributed by atoms with van der Waals surface area (Å²) in [5.74, 6) is 0.0110. The Bertz CT molecular complexity index is 613. The van der Waals surface area contributed by atoms with Crippen LogP contribution in [0, 0.1) is 0 Å². The molecule has 2 heterocycles. The van der Waals surface area contributed by atoms with Crippen LogP contribution >= 0.6 is 11.6 Å². The Morgan fingerprint density at radius 2 is 1.95 bits per heavy atom. The Morgan fingerprint density at radius 1 is 1.29 bits per heavy atom. The number of hydrogen-bond donors (Lipinski definition) is 0. The van der Waals surface area contributed by atoms with Crippen LogP contribution in [0.2, 0.25) is 5.15 Å². The molecule has 1 aliphatic rings. The van der Waals surface area contributed by atoms with Crippen molar-refractivity contribution < 1.29 is 13.2 Å². The van der Waals surface area contributed by atoms with E-state index in [2.05, 4.69) is 9.88 Å². The molecule has 6 nitrogen and oxygen atoms in total. The molecule has 8 heteroatoms. The van der Waals surface area contributed by atoms with Gasteiger partial charge >= 0.3 is 0 Å². The molecule has 0 atom stereocenters. The second-order valence-corrected chi connectivity index (χ2v) is 7.76. The van der Waals surface area contributed by atoms with Crippen molar-refractivity contribution in [2.45, 2.75) is 0 Å². The highest BCUT2D eigenvalue weighted by Crippen LogP contribution is 2.10. The van der Waals surface area contributed by atoms with Gasteiger partial charge in [0.2, 0.25) is 0 Å². The zero-order valence-corrected chi connectivity index (χ0v) is 13.4. The molecule has 0 radical (unpaired) electrons. The van der Waals surface area contributed by atoms with Crippen LogP contribution < -0.4 is 0 Å². The second-order valence-electron chi connectivity index (χ2n) is 5.11. The van der Waals surface area contributed by atoms with Gasteiger partial charge in [0.25, 0.3) is 5.91 Å². The van der Waals surface area contributed by atoms with Gasteiger partial charge in [0.15, 0.2) is 0 Å². The molecule has 0 bridgehead atoms. The first-order valence-electron chi connectivity index (χ1n) is 6.67. The molecule has 0 aromatic carbocycles. The maximum Gasteiger partial charge on any atom is 0.272 e. The number of aromatic nitrogens is 1. The Hall–Kier alpha value is -1.18. The van der Waals surface area contributed by atoms with Gasteiger partial charge < -0.3 is 4.90 Å². The molecule has 0 spiro atoms. The van der Waals surface area contributed by atoms with E-state index in [1.165, 1.54) is 6.26 Å². The quantitative estimate of drug-likeness (QED) is 0.753. The molecule has 1 aromatic rings. The minimum atomic E-state index is -2.95. The summed E-state index contributed by atoms with van der Waals surface area (Å²) >= 11 is 5.79. The highest BCUT2D eigenvalue weighted by atomic mass is 35.5. The number of halogens is 1. The van der Waals surface area contributed by atoms with Crippen molar-refractivity contribution in [2.24, 2.45) is 0 Å². The molecule has 0 N–H and O–H groups in total. The molecular formula is C13H18ClN3O3S. The lowest BCUT2D eigenvalue weighted by molar-refractivity contribution is 0.0638. The Balaban J connectivity index is 1.87. The number of hydrogen-bond acceptors (Lipinski definition) is 5. The van der Waals surface area contributed by atoms with Gasteiger partial charge in [-0.3, -0.25) is 9.69 Å². The van der Waals surface area contributed by atoms with E-state index < -0.39 is 9.84 Å². The average Bonchev–Trinajstić information content (AvgIpc) is 2.44. The zero-order chi connectivity index (χ0) is 15.5. The third-order valence-corrected chi connectivity index (χ3v) is 4.51. The number of amides is 1. The molecule has 0 saturated carbocycles. The van der Waals surface area contributed by atoms with Crippen LogP contribution in [0.4, 0.5) is 0 Å². The van der Waals surface area contributed by atoms with E-state index >= 15 is 0 Å². The van der Waals surface area contributed by atoms with E-state index in [-0.39, 0.29) is 11.7 Å². The third-order valence-electron chi connectivity index (χ3n) is 3.37. The monoisotopic (exact) mass is 331 g/mol. The summed E-state index contributed by atoms with van der Waals surface area (Å²) in [6.45, 7) is 2.98. The van der Waals surface area contributed by atoms with Crippen LogP contribution in [0.3, 0.4) is 0 Å². The van der Waals surface area contributed by atoms with E-state index in [0.29, 0.717) is 43.6 Å². The molecular weight excluding hydrogens is 314 g/mol. The molecule has 1 fully saturated rings. The first-order valence-corrected chi connectivity index (χ1v) is 9.11. The van der Waals surface area contributed by atoms with Gasteiger partial charge in [0, 0.05) is 39.0 Å². The summed E-state index contributed by atoms with van der Waals surface area (Å²) in [5.41, 5.74) is 0.340. The number of pyridine rings is 1. The van der Waals surface area contributed by atoms with Crippen LogP contribution in [0.5, 0.6) is 0 Å². The summed E-state index contributed by atoms with van der Waals surface area (Å²) in [6.07, 6.45) is 1.23. The van der Waals surface area contributed by atoms with Gasteiger partial charge in [0.1, 0.15) is 20.7 Å². The minimum Gasteiger partial charge on any atom is -0.335 e. The highest BCUT2D eigenvalue weighted by molar-refractivity contribution is 7.90. The molecule has 1 saturated heterocycles. The van der Waals surface area contributed by atoms with Crippen molar-refractivity contribution in [3.63, 3.8) is 0 Å². The maximum absolute atomic E-state index is 12.3. The lowest BCUT2D eigenvalue weighted by Crippen LogP contribution is -2.49. The molecule has 116 valence electrons. The van der Waals surface area contributed by atoms with Crippen molar-refractivity contribution in [3.05, 3.63) is 29.0 Å². The fraction of sp³-hybridized carbons (Fsp3) is 0.538. The summed E-state index contributed by atoms with van der Waals surface area (Å²) in [5, 5.41) is 0.299. The molecule has 0 aliphatic carbocycles. The fourth-order valence-electron chi connectivity index (χ4n) is 2.16. The highest BCUT2D eigenvalue weighted by Gasteiger charge is 2.23. The topological polar surface area (TPSA) is 70.6 Å². The van der Waals surface area contributed by atoms with E-state index in [9.17, 15) is 13.2 Å². The number of carbonyl (C=O) groups excluding carboxylic acids is 1. The van der Waals surface area contributed by atoms with Crippen LogP contribution in [0.15, 0.2) is 18.2 Å². The number of carbonyl (C=O) groups is 1. The van der Waals surface area contributed by atoms with Gasteiger partial charge in [-0.05, 0) is 12.1 Å². The number of sulfone groups is 1. The second kappa shape index (κ2) is 6.72. The van der Waals surface area contributed by atoms with Gasteiger partial charge in [-0.25, -0.2) is 13.4 Å². The SMILES string of the molecule is CS(=O)(=O)CCN1CCN(C(=O)c2cccc(Cl)n2)CC1. The molecule has 21 heavy (non-hydrogen) atoms. The molecule has 1 aromatic heterocycles. The lowest BCUT2D eigenvalue weighted by Gasteiger charge is -2.34. The van der Waals surface area contributed by atoms with Crippen molar-refractivity contribution in [1.82, 2.24) is 14.8 Å². The average molecular weight is 332 g/mol. The normalized spacial score (nSPS) is 17.0. The predicted octanol–water partition coefficient (Wildman–Crippen LogP) is 0.537. The van der Waals surface area contributed by atoms with E-state index in [4.69, 9.17) is 11.6 Å².